The van der Waals surface area contributed by atoms with E-state index in [0.717, 1.165) is 0 Å². The number of nitrogens with one attached hydrogen (secondary N) is 1. The number of carbonyl (C=O) groups excluding carboxylic acids is 1. The lowest BCUT2D eigenvalue weighted by Gasteiger charge is -2.32. The predicted octanol–water partition coefficient (Wildman–Crippen LogP) is 0.310. The van der Waals surface area contributed by atoms with Gasteiger partial charge in [-0.2, -0.15) is 13.2 Å². The van der Waals surface area contributed by atoms with E-state index < -0.39 is 30.6 Å². The van der Waals surface area contributed by atoms with Gasteiger partial charge in [0.2, 0.25) is 0 Å². The van der Waals surface area contributed by atoms with Crippen LogP contribution in [0.25, 0.3) is 0 Å². The van der Waals surface area contributed by atoms with Crippen molar-refractivity contribution in [3.8, 4) is 0 Å². The standard InChI is InChI=1S/C9H8F3N3O3/c10-9(11,12)8(18)15-2-5-4(13-3-14-5)1-6(15)7(16)17/h3,6H,1-2H2,(H,13,14)(H,16,17)/t6-/m0/s1. The summed E-state index contributed by atoms with van der Waals surface area (Å²) in [7, 11) is 0. The third-order valence-corrected chi connectivity index (χ3v) is 2.69. The van der Waals surface area contributed by atoms with Crippen LogP contribution >= 0.6 is 0 Å². The molecule has 0 saturated heterocycles. The molecule has 1 atom stereocenters. The van der Waals surface area contributed by atoms with Crippen LogP contribution in [0.4, 0.5) is 13.2 Å². The maximum Gasteiger partial charge on any atom is 0.471 e. The fourth-order valence-electron chi connectivity index (χ4n) is 1.83. The predicted molar refractivity (Wildman–Crippen MR) is 50.3 cm³/mol. The van der Waals surface area contributed by atoms with Gasteiger partial charge in [0, 0.05) is 6.42 Å². The minimum Gasteiger partial charge on any atom is -0.480 e. The molecular formula is C9H8F3N3O3. The summed E-state index contributed by atoms with van der Waals surface area (Å²) >= 11 is 0. The summed E-state index contributed by atoms with van der Waals surface area (Å²) in [6, 6.07) is -1.55. The zero-order chi connectivity index (χ0) is 13.5. The van der Waals surface area contributed by atoms with Crippen LogP contribution in [0.5, 0.6) is 0 Å². The SMILES string of the molecule is O=C(O)[C@@H]1Cc2nc[nH]c2CN1C(=O)C(F)(F)F. The number of hydrogen-bond donors (Lipinski definition) is 2. The maximum absolute atomic E-state index is 12.4. The minimum absolute atomic E-state index is 0.240. The average Bonchev–Trinajstić information content (AvgIpc) is 2.71. The summed E-state index contributed by atoms with van der Waals surface area (Å²) in [5.41, 5.74) is 0.693. The Morgan fingerprint density at radius 2 is 2.17 bits per heavy atom. The number of rotatable bonds is 1. The van der Waals surface area contributed by atoms with E-state index in [-0.39, 0.29) is 6.42 Å². The third-order valence-electron chi connectivity index (χ3n) is 2.69. The van der Waals surface area contributed by atoms with Crippen LogP contribution < -0.4 is 0 Å². The van der Waals surface area contributed by atoms with Crippen LogP contribution in [0.1, 0.15) is 11.4 Å². The highest BCUT2D eigenvalue weighted by Crippen LogP contribution is 2.26. The first-order chi connectivity index (χ1) is 8.30. The summed E-state index contributed by atoms with van der Waals surface area (Å²) < 4.78 is 37.1. The van der Waals surface area contributed by atoms with Crippen molar-refractivity contribution in [2.45, 2.75) is 25.2 Å². The van der Waals surface area contributed by atoms with Gasteiger partial charge in [0.25, 0.3) is 0 Å². The summed E-state index contributed by atoms with van der Waals surface area (Å²) in [6.45, 7) is -0.440. The van der Waals surface area contributed by atoms with Gasteiger partial charge in [-0.1, -0.05) is 0 Å². The van der Waals surface area contributed by atoms with E-state index in [1.54, 1.807) is 0 Å². The van der Waals surface area contributed by atoms with Crippen LogP contribution in [0.2, 0.25) is 0 Å². The number of aromatic amines is 1. The molecule has 18 heavy (non-hydrogen) atoms. The van der Waals surface area contributed by atoms with E-state index in [2.05, 4.69) is 9.97 Å². The van der Waals surface area contributed by atoms with Gasteiger partial charge in [-0.05, 0) is 0 Å². The molecule has 1 amide bonds. The normalized spacial score (nSPS) is 19.5. The quantitative estimate of drug-likeness (QED) is 0.763. The summed E-state index contributed by atoms with van der Waals surface area (Å²) in [4.78, 5) is 28.8. The molecule has 1 aliphatic heterocycles. The number of carboxylic acids is 1. The number of aliphatic carboxylic acids is 1. The molecule has 98 valence electrons. The monoisotopic (exact) mass is 263 g/mol. The lowest BCUT2D eigenvalue weighted by Crippen LogP contribution is -2.52. The van der Waals surface area contributed by atoms with Crippen LogP contribution in [0.3, 0.4) is 0 Å². The second-order valence-electron chi connectivity index (χ2n) is 3.82. The highest BCUT2D eigenvalue weighted by Gasteiger charge is 2.48. The van der Waals surface area contributed by atoms with E-state index in [4.69, 9.17) is 5.11 Å². The van der Waals surface area contributed by atoms with Crippen molar-refractivity contribution in [2.24, 2.45) is 0 Å². The van der Waals surface area contributed by atoms with Crippen LogP contribution in [-0.2, 0) is 22.6 Å². The number of imidazole rings is 1. The van der Waals surface area contributed by atoms with Gasteiger partial charge in [-0.15, -0.1) is 0 Å². The van der Waals surface area contributed by atoms with Crippen molar-refractivity contribution in [2.75, 3.05) is 0 Å². The molecule has 1 aromatic heterocycles. The molecule has 1 aliphatic rings. The highest BCUT2D eigenvalue weighted by molar-refractivity contribution is 5.87. The van der Waals surface area contributed by atoms with Crippen molar-refractivity contribution in [3.63, 3.8) is 0 Å². The lowest BCUT2D eigenvalue weighted by atomic mass is 10.0. The van der Waals surface area contributed by atoms with Gasteiger partial charge in [0.05, 0.1) is 24.3 Å². The second-order valence-corrected chi connectivity index (χ2v) is 3.82. The lowest BCUT2D eigenvalue weighted by molar-refractivity contribution is -0.191. The molecule has 2 heterocycles. The van der Waals surface area contributed by atoms with Crippen molar-refractivity contribution in [3.05, 3.63) is 17.7 Å². The van der Waals surface area contributed by atoms with E-state index in [0.29, 0.717) is 16.3 Å². The molecule has 2 rings (SSSR count). The molecular weight excluding hydrogens is 255 g/mol. The van der Waals surface area contributed by atoms with Gasteiger partial charge in [-0.25, -0.2) is 9.78 Å². The van der Waals surface area contributed by atoms with Crippen LogP contribution in [0.15, 0.2) is 6.33 Å². The summed E-state index contributed by atoms with van der Waals surface area (Å²) in [6.07, 6.45) is -4.08. The summed E-state index contributed by atoms with van der Waals surface area (Å²) in [5, 5.41) is 8.89. The molecule has 0 fully saturated rings. The molecule has 6 nitrogen and oxygen atoms in total. The Morgan fingerprint density at radius 1 is 1.50 bits per heavy atom. The number of alkyl halides is 3. The van der Waals surface area contributed by atoms with Crippen molar-refractivity contribution < 1.29 is 27.9 Å². The Labute approximate surface area is 98.4 Å². The number of nitrogens with zero attached hydrogens (tertiary/aromatic N) is 2. The summed E-state index contributed by atoms with van der Waals surface area (Å²) in [5.74, 6) is -3.64. The number of halogens is 3. The third kappa shape index (κ3) is 2.03. The molecule has 0 unspecified atom stereocenters. The molecule has 9 heteroatoms. The number of hydrogen-bond acceptors (Lipinski definition) is 3. The van der Waals surface area contributed by atoms with E-state index in [1.165, 1.54) is 6.33 Å². The molecule has 1 aromatic rings. The molecule has 2 N–H and O–H groups in total. The Balaban J connectivity index is 2.34. The maximum atomic E-state index is 12.4. The smallest absolute Gasteiger partial charge is 0.471 e. The molecule has 0 saturated carbocycles. The minimum atomic E-state index is -5.09. The first kappa shape index (κ1) is 12.4. The topological polar surface area (TPSA) is 86.3 Å². The fourth-order valence-corrected chi connectivity index (χ4v) is 1.83. The van der Waals surface area contributed by atoms with E-state index >= 15 is 0 Å². The van der Waals surface area contributed by atoms with E-state index in [9.17, 15) is 22.8 Å². The highest BCUT2D eigenvalue weighted by atomic mass is 19.4. The Bertz CT molecular complexity index is 497. The molecule has 0 aliphatic carbocycles. The van der Waals surface area contributed by atoms with Crippen molar-refractivity contribution in [1.29, 1.82) is 0 Å². The van der Waals surface area contributed by atoms with Crippen LogP contribution in [-0.4, -0.2) is 44.1 Å². The van der Waals surface area contributed by atoms with Gasteiger partial charge in [0.1, 0.15) is 6.04 Å². The largest absolute Gasteiger partial charge is 0.480 e. The number of amides is 1. The first-order valence-corrected chi connectivity index (χ1v) is 4.92. The zero-order valence-corrected chi connectivity index (χ0v) is 8.86. The van der Waals surface area contributed by atoms with Crippen molar-refractivity contribution >= 4 is 11.9 Å². The second kappa shape index (κ2) is 4.00. The van der Waals surface area contributed by atoms with Crippen LogP contribution in [0, 0.1) is 0 Å². The number of carboxylic acid groups (broad SMARTS) is 1. The van der Waals surface area contributed by atoms with E-state index in [1.807, 2.05) is 0 Å². The first-order valence-electron chi connectivity index (χ1n) is 4.92. The van der Waals surface area contributed by atoms with Gasteiger partial charge >= 0.3 is 18.1 Å². The molecule has 0 radical (unpaired) electrons. The van der Waals surface area contributed by atoms with Gasteiger partial charge in [0.15, 0.2) is 0 Å². The number of H-pyrrole nitrogens is 1. The Morgan fingerprint density at radius 3 is 2.72 bits per heavy atom. The number of fused-ring (bicyclic) bond motifs is 1. The number of aromatic nitrogens is 2. The molecule has 0 bridgehead atoms. The van der Waals surface area contributed by atoms with Gasteiger partial charge < -0.3 is 15.0 Å². The zero-order valence-electron chi connectivity index (χ0n) is 8.86. The fraction of sp³-hybridized carbons (Fsp3) is 0.444. The Hall–Kier alpha value is -2.06. The molecule has 0 spiro atoms. The van der Waals surface area contributed by atoms with Crippen molar-refractivity contribution in [1.82, 2.24) is 14.9 Å². The average molecular weight is 263 g/mol. The Kier molecular flexibility index (Phi) is 2.76. The van der Waals surface area contributed by atoms with Gasteiger partial charge in [-0.3, -0.25) is 4.79 Å². The molecule has 0 aromatic carbocycles. The number of carbonyl (C=O) groups is 2.